The largest absolute Gasteiger partial charge is 0.512 e. The molecule has 0 radical (unpaired) electrons. The second-order valence-corrected chi connectivity index (χ2v) is 9.56. The summed E-state index contributed by atoms with van der Waals surface area (Å²) in [7, 11) is 4.33. The number of hydrazine groups is 2. The summed E-state index contributed by atoms with van der Waals surface area (Å²) >= 11 is 0. The molecule has 0 amide bonds. The van der Waals surface area contributed by atoms with Gasteiger partial charge in [0.1, 0.15) is 5.76 Å². The van der Waals surface area contributed by atoms with Crippen LogP contribution in [-0.4, -0.2) is 113 Å². The predicted molar refractivity (Wildman–Crippen MR) is 125 cm³/mol. The summed E-state index contributed by atoms with van der Waals surface area (Å²) in [6.45, 7) is 8.16. The van der Waals surface area contributed by atoms with Crippen molar-refractivity contribution in [1.29, 1.82) is 0 Å². The lowest BCUT2D eigenvalue weighted by Gasteiger charge is -2.37. The van der Waals surface area contributed by atoms with Crippen LogP contribution >= 0.6 is 0 Å². The van der Waals surface area contributed by atoms with Crippen molar-refractivity contribution in [2.24, 2.45) is 11.8 Å². The second-order valence-electron chi connectivity index (χ2n) is 9.56. The first-order valence-corrected chi connectivity index (χ1v) is 12.1. The molecule has 8 heteroatoms. The van der Waals surface area contributed by atoms with Gasteiger partial charge in [-0.2, -0.15) is 0 Å². The zero-order valence-electron chi connectivity index (χ0n) is 19.6. The topological polar surface area (TPSA) is 73.7 Å². The molecular formula is C24H39N5O3. The van der Waals surface area contributed by atoms with Gasteiger partial charge in [0.2, 0.25) is 0 Å². The zero-order chi connectivity index (χ0) is 22.7. The Morgan fingerprint density at radius 2 is 1.38 bits per heavy atom. The first-order chi connectivity index (χ1) is 15.4. The third-order valence-electron chi connectivity index (χ3n) is 7.45. The Hall–Kier alpha value is -1.71. The maximum Gasteiger partial charge on any atom is 0.170 e. The number of ketones is 1. The summed E-state index contributed by atoms with van der Waals surface area (Å²) in [5.41, 5.74) is 0. The molecule has 4 aliphatic rings. The van der Waals surface area contributed by atoms with E-state index in [4.69, 9.17) is 0 Å². The van der Waals surface area contributed by atoms with Gasteiger partial charge in [-0.3, -0.25) is 9.69 Å². The van der Waals surface area contributed by atoms with Crippen molar-refractivity contribution in [3.05, 3.63) is 35.8 Å². The van der Waals surface area contributed by atoms with Crippen LogP contribution in [0.5, 0.6) is 0 Å². The molecule has 3 unspecified atom stereocenters. The number of allylic oxidation sites excluding steroid dienone is 3. The van der Waals surface area contributed by atoms with Crippen LogP contribution in [0.1, 0.15) is 25.7 Å². The number of aliphatic hydroxyl groups is 2. The highest BCUT2D eigenvalue weighted by Crippen LogP contribution is 2.35. The molecule has 0 aromatic carbocycles. The highest BCUT2D eigenvalue weighted by Gasteiger charge is 2.40. The predicted octanol–water partition coefficient (Wildman–Crippen LogP) is 1.81. The van der Waals surface area contributed by atoms with E-state index in [9.17, 15) is 15.0 Å². The van der Waals surface area contributed by atoms with E-state index in [1.807, 2.05) is 12.2 Å². The van der Waals surface area contributed by atoms with Crippen LogP contribution in [-0.2, 0) is 4.79 Å². The number of nitrogens with zero attached hydrogens (tertiary/aromatic N) is 5. The van der Waals surface area contributed by atoms with Gasteiger partial charge >= 0.3 is 0 Å². The summed E-state index contributed by atoms with van der Waals surface area (Å²) in [5, 5.41) is 30.1. The first kappa shape index (κ1) is 23.4. The Labute approximate surface area is 192 Å². The van der Waals surface area contributed by atoms with Gasteiger partial charge < -0.3 is 10.2 Å². The maximum absolute atomic E-state index is 11.9. The third kappa shape index (κ3) is 5.26. The van der Waals surface area contributed by atoms with Gasteiger partial charge in [0.15, 0.2) is 5.78 Å². The molecule has 2 saturated heterocycles. The lowest BCUT2D eigenvalue weighted by molar-refractivity contribution is -0.121. The molecule has 2 aliphatic heterocycles. The summed E-state index contributed by atoms with van der Waals surface area (Å²) in [6, 6.07) is -0.0218. The maximum atomic E-state index is 11.9. The van der Waals surface area contributed by atoms with Crippen LogP contribution in [0, 0.1) is 11.8 Å². The van der Waals surface area contributed by atoms with Crippen molar-refractivity contribution in [3.8, 4) is 0 Å². The smallest absolute Gasteiger partial charge is 0.170 e. The zero-order valence-corrected chi connectivity index (χ0v) is 19.6. The van der Waals surface area contributed by atoms with Crippen LogP contribution in [0.4, 0.5) is 0 Å². The third-order valence-corrected chi connectivity index (χ3v) is 7.45. The van der Waals surface area contributed by atoms with Crippen molar-refractivity contribution in [2.45, 2.75) is 31.7 Å². The molecule has 0 aromatic heterocycles. The summed E-state index contributed by atoms with van der Waals surface area (Å²) in [5.74, 6) is -0.947. The summed E-state index contributed by atoms with van der Waals surface area (Å²) < 4.78 is 0. The minimum absolute atomic E-state index is 0.0218. The van der Waals surface area contributed by atoms with Crippen LogP contribution in [0.25, 0.3) is 0 Å². The van der Waals surface area contributed by atoms with E-state index in [0.29, 0.717) is 0 Å². The Bertz CT molecular complexity index is 729. The van der Waals surface area contributed by atoms with E-state index >= 15 is 0 Å². The normalized spacial score (nSPS) is 29.3. The molecule has 2 heterocycles. The molecule has 2 fully saturated rings. The fourth-order valence-electron chi connectivity index (χ4n) is 5.24. The highest BCUT2D eigenvalue weighted by atomic mass is 16.3. The molecule has 0 aromatic rings. The molecule has 178 valence electrons. The molecule has 3 atom stereocenters. The molecule has 4 rings (SSSR count). The van der Waals surface area contributed by atoms with Crippen molar-refractivity contribution < 1.29 is 15.0 Å². The van der Waals surface area contributed by atoms with Crippen molar-refractivity contribution >= 4 is 5.78 Å². The van der Waals surface area contributed by atoms with E-state index in [0.717, 1.165) is 52.4 Å². The standard InChI is InChI=1S/C24H39N5O3/c1-25(28-9-3-4-10-28)13-15-27(16-14-26(2)29-11-5-6-12-29)19-7-8-20(21(30)17-19)24-22(31)18-23(24)32/h7-8,17-20,24,30-31H,3-6,9-16H2,1-2H3. The van der Waals surface area contributed by atoms with E-state index < -0.39 is 11.8 Å². The fourth-order valence-corrected chi connectivity index (χ4v) is 5.24. The average molecular weight is 446 g/mol. The number of rotatable bonds is 10. The quantitative estimate of drug-likeness (QED) is 0.494. The molecule has 0 spiro atoms. The lowest BCUT2D eigenvalue weighted by Crippen LogP contribution is -2.48. The van der Waals surface area contributed by atoms with Crippen molar-refractivity contribution in [2.75, 3.05) is 66.5 Å². The van der Waals surface area contributed by atoms with Crippen LogP contribution in [0.3, 0.4) is 0 Å². The molecule has 0 saturated carbocycles. The van der Waals surface area contributed by atoms with Crippen LogP contribution in [0.2, 0.25) is 0 Å². The molecule has 32 heavy (non-hydrogen) atoms. The Balaban J connectivity index is 1.39. The van der Waals surface area contributed by atoms with E-state index in [2.05, 4.69) is 45.1 Å². The van der Waals surface area contributed by atoms with Gasteiger partial charge in [-0.05, 0) is 31.8 Å². The number of aliphatic hydroxyl groups excluding tert-OH is 2. The lowest BCUT2D eigenvalue weighted by atomic mass is 9.76. The van der Waals surface area contributed by atoms with E-state index in [-0.39, 0.29) is 23.3 Å². The Morgan fingerprint density at radius 3 is 1.81 bits per heavy atom. The highest BCUT2D eigenvalue weighted by molar-refractivity contribution is 6.01. The molecule has 2 N–H and O–H groups in total. The number of carbonyl (C=O) groups excluding carboxylic acids is 1. The summed E-state index contributed by atoms with van der Waals surface area (Å²) in [6.07, 6.45) is 12.1. The van der Waals surface area contributed by atoms with Crippen LogP contribution < -0.4 is 0 Å². The Kier molecular flexibility index (Phi) is 7.68. The Morgan fingerprint density at radius 1 is 0.844 bits per heavy atom. The number of hydrogen-bond donors (Lipinski definition) is 2. The van der Waals surface area contributed by atoms with Gasteiger partial charge in [-0.25, -0.2) is 20.0 Å². The average Bonchev–Trinajstić information content (AvgIpc) is 3.49. The minimum Gasteiger partial charge on any atom is -0.512 e. The van der Waals surface area contributed by atoms with Gasteiger partial charge in [0.25, 0.3) is 0 Å². The molecule has 0 bridgehead atoms. The van der Waals surface area contributed by atoms with E-state index in [1.54, 1.807) is 0 Å². The molecule has 2 aliphatic carbocycles. The van der Waals surface area contributed by atoms with Gasteiger partial charge in [-0.15, -0.1) is 0 Å². The van der Waals surface area contributed by atoms with Gasteiger partial charge in [0.05, 0.1) is 17.6 Å². The van der Waals surface area contributed by atoms with Crippen molar-refractivity contribution in [1.82, 2.24) is 24.9 Å². The first-order valence-electron chi connectivity index (χ1n) is 12.1. The monoisotopic (exact) mass is 445 g/mol. The number of carbonyl (C=O) groups is 1. The number of likely N-dealkylation sites (N-methyl/N-ethyl adjacent to an activating group) is 2. The fraction of sp³-hybridized carbons (Fsp3) is 0.708. The second kappa shape index (κ2) is 10.5. The van der Waals surface area contributed by atoms with Crippen LogP contribution in [0.15, 0.2) is 35.8 Å². The SMILES string of the molecule is CN(CCN(CCN(C)N1CCCC1)C1C=CC(C2C(=O)C=C2O)C(O)=C1)N1CCCC1. The number of hydrogen-bond acceptors (Lipinski definition) is 8. The van der Waals surface area contributed by atoms with Gasteiger partial charge in [-0.1, -0.05) is 12.2 Å². The molecule has 8 nitrogen and oxygen atoms in total. The summed E-state index contributed by atoms with van der Waals surface area (Å²) in [4.78, 5) is 14.3. The molecular weight excluding hydrogens is 406 g/mol. The van der Waals surface area contributed by atoms with Crippen molar-refractivity contribution in [3.63, 3.8) is 0 Å². The van der Waals surface area contributed by atoms with Gasteiger partial charge in [0, 0.05) is 78.6 Å². The minimum atomic E-state index is -0.625. The van der Waals surface area contributed by atoms with E-state index in [1.165, 1.54) is 31.8 Å².